The predicted octanol–water partition coefficient (Wildman–Crippen LogP) is 3.69. The van der Waals surface area contributed by atoms with E-state index in [4.69, 9.17) is 11.6 Å². The van der Waals surface area contributed by atoms with Gasteiger partial charge in [0.2, 0.25) is 11.8 Å². The molecule has 1 heterocycles. The minimum atomic E-state index is -4.02. The maximum absolute atomic E-state index is 12.7. The summed E-state index contributed by atoms with van der Waals surface area (Å²) < 4.78 is 29.1. The van der Waals surface area contributed by atoms with Crippen molar-refractivity contribution in [1.29, 1.82) is 0 Å². The zero-order valence-electron chi connectivity index (χ0n) is 16.3. The molecule has 1 fully saturated rings. The average molecular weight is 466 g/mol. The van der Waals surface area contributed by atoms with Crippen molar-refractivity contribution in [3.05, 3.63) is 59.1 Å². The molecular formula is C20H20ClN3O4S2. The Morgan fingerprint density at radius 1 is 1.17 bits per heavy atom. The molecule has 1 aliphatic heterocycles. The summed E-state index contributed by atoms with van der Waals surface area (Å²) in [4.78, 5) is 26.3. The van der Waals surface area contributed by atoms with Crippen LogP contribution in [-0.2, 0) is 19.6 Å². The average Bonchev–Trinajstić information content (AvgIpc) is 2.97. The molecule has 2 amide bonds. The van der Waals surface area contributed by atoms with Crippen molar-refractivity contribution in [3.8, 4) is 0 Å². The van der Waals surface area contributed by atoms with Crippen LogP contribution in [0.5, 0.6) is 0 Å². The van der Waals surface area contributed by atoms with E-state index in [2.05, 4.69) is 9.71 Å². The standard InChI is InChI=1S/C20H20ClN3O4S2/c1-3-24-19(26)17(12-18(25)22-15-8-4-13(2)5-9-15)29-20(24)23-30(27,28)16-10-6-14(21)7-11-16/h4-11,17H,3,12H2,1-2H3,(H,22,25)/b23-20+. The number of sulfonamides is 1. The number of nitrogens with one attached hydrogen (secondary N) is 1. The van der Waals surface area contributed by atoms with Gasteiger partial charge in [-0.05, 0) is 50.2 Å². The fourth-order valence-corrected chi connectivity index (χ4v) is 5.33. The largest absolute Gasteiger partial charge is 0.326 e. The Kier molecular flexibility index (Phi) is 6.84. The molecule has 1 N–H and O–H groups in total. The van der Waals surface area contributed by atoms with Crippen LogP contribution in [0.15, 0.2) is 57.8 Å². The molecule has 1 unspecified atom stereocenters. The zero-order valence-corrected chi connectivity index (χ0v) is 18.7. The van der Waals surface area contributed by atoms with Crippen molar-refractivity contribution in [1.82, 2.24) is 4.90 Å². The number of amides is 2. The molecule has 2 aromatic carbocycles. The van der Waals surface area contributed by atoms with Crippen LogP contribution in [0.2, 0.25) is 5.02 Å². The molecule has 0 spiro atoms. The molecule has 3 rings (SSSR count). The first-order valence-electron chi connectivity index (χ1n) is 9.14. The van der Waals surface area contributed by atoms with Crippen molar-refractivity contribution in [2.45, 2.75) is 30.4 Å². The maximum atomic E-state index is 12.7. The lowest BCUT2D eigenvalue weighted by molar-refractivity contribution is -0.128. The maximum Gasteiger partial charge on any atom is 0.284 e. The van der Waals surface area contributed by atoms with Crippen molar-refractivity contribution in [3.63, 3.8) is 0 Å². The number of thioether (sulfide) groups is 1. The van der Waals surface area contributed by atoms with E-state index in [1.807, 2.05) is 19.1 Å². The quantitative estimate of drug-likeness (QED) is 0.701. The summed E-state index contributed by atoms with van der Waals surface area (Å²) in [6.45, 7) is 3.91. The van der Waals surface area contributed by atoms with Crippen LogP contribution in [0, 0.1) is 6.92 Å². The Balaban J connectivity index is 1.75. The van der Waals surface area contributed by atoms with Crippen LogP contribution in [-0.4, -0.2) is 42.1 Å². The van der Waals surface area contributed by atoms with Crippen LogP contribution in [0.25, 0.3) is 0 Å². The number of benzene rings is 2. The Morgan fingerprint density at radius 2 is 1.80 bits per heavy atom. The van der Waals surface area contributed by atoms with E-state index in [9.17, 15) is 18.0 Å². The second-order valence-electron chi connectivity index (χ2n) is 6.61. The third kappa shape index (κ3) is 5.21. The highest BCUT2D eigenvalue weighted by Gasteiger charge is 2.39. The molecule has 0 aliphatic carbocycles. The lowest BCUT2D eigenvalue weighted by Crippen LogP contribution is -2.33. The van der Waals surface area contributed by atoms with E-state index in [-0.39, 0.29) is 34.8 Å². The van der Waals surface area contributed by atoms with Gasteiger partial charge in [-0.15, -0.1) is 4.40 Å². The van der Waals surface area contributed by atoms with E-state index in [1.165, 1.54) is 29.2 Å². The number of amidine groups is 1. The van der Waals surface area contributed by atoms with Gasteiger partial charge in [-0.1, -0.05) is 41.1 Å². The number of aryl methyl sites for hydroxylation is 1. The Hall–Kier alpha value is -2.36. The van der Waals surface area contributed by atoms with Crippen molar-refractivity contribution >= 4 is 56.1 Å². The zero-order chi connectivity index (χ0) is 21.9. The first kappa shape index (κ1) is 22.3. The van der Waals surface area contributed by atoms with Crippen LogP contribution in [0.3, 0.4) is 0 Å². The normalized spacial score (nSPS) is 18.1. The van der Waals surface area contributed by atoms with E-state index in [1.54, 1.807) is 19.1 Å². The molecular weight excluding hydrogens is 446 g/mol. The number of carbonyl (C=O) groups excluding carboxylic acids is 2. The first-order valence-corrected chi connectivity index (χ1v) is 11.8. The van der Waals surface area contributed by atoms with E-state index in [0.717, 1.165) is 17.3 Å². The summed E-state index contributed by atoms with van der Waals surface area (Å²) in [6, 6.07) is 12.9. The lowest BCUT2D eigenvalue weighted by Gasteiger charge is -2.13. The second-order valence-corrected chi connectivity index (χ2v) is 9.82. The number of rotatable bonds is 6. The third-order valence-corrected chi connectivity index (χ3v) is 7.18. The minimum absolute atomic E-state index is 0.0240. The Morgan fingerprint density at radius 3 is 2.40 bits per heavy atom. The number of halogens is 1. The van der Waals surface area contributed by atoms with E-state index < -0.39 is 15.3 Å². The molecule has 2 aromatic rings. The van der Waals surface area contributed by atoms with Crippen molar-refractivity contribution in [2.24, 2.45) is 4.40 Å². The van der Waals surface area contributed by atoms with Gasteiger partial charge < -0.3 is 5.32 Å². The molecule has 0 radical (unpaired) electrons. The summed E-state index contributed by atoms with van der Waals surface area (Å²) in [5, 5.41) is 2.47. The third-order valence-electron chi connectivity index (χ3n) is 4.35. The van der Waals surface area contributed by atoms with Gasteiger partial charge in [-0.3, -0.25) is 14.5 Å². The summed E-state index contributed by atoms with van der Waals surface area (Å²) in [6.07, 6.45) is -0.0894. The summed E-state index contributed by atoms with van der Waals surface area (Å²) in [5.41, 5.74) is 1.70. The van der Waals surface area contributed by atoms with Gasteiger partial charge in [0.1, 0.15) is 5.25 Å². The van der Waals surface area contributed by atoms with Gasteiger partial charge in [0.15, 0.2) is 5.17 Å². The van der Waals surface area contributed by atoms with Crippen LogP contribution >= 0.6 is 23.4 Å². The molecule has 0 bridgehead atoms. The second kappa shape index (κ2) is 9.20. The fraction of sp³-hybridized carbons (Fsp3) is 0.250. The van der Waals surface area contributed by atoms with Crippen molar-refractivity contribution in [2.75, 3.05) is 11.9 Å². The molecule has 158 valence electrons. The molecule has 10 heteroatoms. The van der Waals surface area contributed by atoms with E-state index >= 15 is 0 Å². The topological polar surface area (TPSA) is 95.9 Å². The highest BCUT2D eigenvalue weighted by molar-refractivity contribution is 8.16. The lowest BCUT2D eigenvalue weighted by atomic mass is 10.2. The number of carbonyl (C=O) groups is 2. The van der Waals surface area contributed by atoms with Gasteiger partial charge in [0.05, 0.1) is 4.90 Å². The molecule has 30 heavy (non-hydrogen) atoms. The number of anilines is 1. The van der Waals surface area contributed by atoms with Crippen LogP contribution in [0.1, 0.15) is 18.9 Å². The molecule has 7 nitrogen and oxygen atoms in total. The monoisotopic (exact) mass is 465 g/mol. The Labute approximate surface area is 184 Å². The Bertz CT molecular complexity index is 1080. The number of hydrogen-bond acceptors (Lipinski definition) is 5. The highest BCUT2D eigenvalue weighted by atomic mass is 35.5. The molecule has 0 aromatic heterocycles. The smallest absolute Gasteiger partial charge is 0.284 e. The predicted molar refractivity (Wildman–Crippen MR) is 119 cm³/mol. The minimum Gasteiger partial charge on any atom is -0.326 e. The van der Waals surface area contributed by atoms with E-state index in [0.29, 0.717) is 10.7 Å². The number of nitrogens with zero attached hydrogens (tertiary/aromatic N) is 2. The van der Waals surface area contributed by atoms with Crippen LogP contribution in [0.4, 0.5) is 5.69 Å². The van der Waals surface area contributed by atoms with Crippen molar-refractivity contribution < 1.29 is 18.0 Å². The highest BCUT2D eigenvalue weighted by Crippen LogP contribution is 2.31. The molecule has 1 saturated heterocycles. The first-order chi connectivity index (χ1) is 14.2. The summed E-state index contributed by atoms with van der Waals surface area (Å²) in [5.74, 6) is -0.672. The SMILES string of the molecule is CCN1C(=O)C(CC(=O)Nc2ccc(C)cc2)S/C1=N/S(=O)(=O)c1ccc(Cl)cc1. The molecule has 0 saturated carbocycles. The van der Waals surface area contributed by atoms with Gasteiger partial charge in [0, 0.05) is 23.7 Å². The van der Waals surface area contributed by atoms with Crippen LogP contribution < -0.4 is 5.32 Å². The van der Waals surface area contributed by atoms with Gasteiger partial charge in [0.25, 0.3) is 10.0 Å². The summed E-state index contributed by atoms with van der Waals surface area (Å²) >= 11 is 6.78. The molecule has 1 atom stereocenters. The number of hydrogen-bond donors (Lipinski definition) is 1. The fourth-order valence-electron chi connectivity index (χ4n) is 2.78. The van der Waals surface area contributed by atoms with Gasteiger partial charge in [-0.2, -0.15) is 8.42 Å². The van der Waals surface area contributed by atoms with Gasteiger partial charge >= 0.3 is 0 Å². The van der Waals surface area contributed by atoms with Gasteiger partial charge in [-0.25, -0.2) is 0 Å². The summed E-state index contributed by atoms with van der Waals surface area (Å²) in [7, 11) is -4.02. The molecule has 1 aliphatic rings.